The average Bonchev–Trinajstić information content (AvgIpc) is 2.87. The Bertz CT molecular complexity index is 640. The van der Waals surface area contributed by atoms with Gasteiger partial charge in [0.25, 0.3) is 5.91 Å². The highest BCUT2D eigenvalue weighted by atomic mass is 19.1. The van der Waals surface area contributed by atoms with Crippen molar-refractivity contribution >= 4 is 11.8 Å². The molecule has 20 heavy (non-hydrogen) atoms. The van der Waals surface area contributed by atoms with E-state index in [2.05, 4.69) is 20.5 Å². The summed E-state index contributed by atoms with van der Waals surface area (Å²) in [6.07, 6.45) is 2.70. The van der Waals surface area contributed by atoms with Crippen molar-refractivity contribution < 1.29 is 14.0 Å². The maximum Gasteiger partial charge on any atom is 0.255 e. The first-order chi connectivity index (χ1) is 9.59. The van der Waals surface area contributed by atoms with Crippen LogP contribution in [0.15, 0.2) is 24.5 Å². The minimum Gasteiger partial charge on any atom is -0.370 e. The highest BCUT2D eigenvalue weighted by molar-refractivity contribution is 5.99. The predicted octanol–water partition coefficient (Wildman–Crippen LogP) is 0.216. The molecule has 2 aromatic heterocycles. The molecule has 0 unspecified atom stereocenters. The minimum atomic E-state index is -0.567. The summed E-state index contributed by atoms with van der Waals surface area (Å²) in [6, 6.07) is 2.68. The monoisotopic (exact) mass is 277 g/mol. The molecule has 0 saturated heterocycles. The molecule has 0 aliphatic heterocycles. The van der Waals surface area contributed by atoms with Crippen LogP contribution in [0.2, 0.25) is 0 Å². The first kappa shape index (κ1) is 13.7. The molecule has 2 rings (SSSR count). The van der Waals surface area contributed by atoms with Crippen LogP contribution < -0.4 is 11.1 Å². The number of aromatic amines is 1. The molecule has 0 aliphatic rings. The molecular formula is C12H12FN5O2. The molecule has 8 heteroatoms. The Labute approximate surface area is 113 Å². The van der Waals surface area contributed by atoms with Crippen molar-refractivity contribution in [2.24, 2.45) is 5.73 Å². The van der Waals surface area contributed by atoms with Crippen LogP contribution in [0, 0.1) is 5.82 Å². The number of primary amides is 1. The number of nitrogens with zero attached hydrogens (tertiary/aromatic N) is 2. The highest BCUT2D eigenvalue weighted by Crippen LogP contribution is 2.21. The summed E-state index contributed by atoms with van der Waals surface area (Å²) in [5.74, 6) is -1.57. The van der Waals surface area contributed by atoms with Crippen molar-refractivity contribution in [2.45, 2.75) is 6.42 Å². The first-order valence-electron chi connectivity index (χ1n) is 5.80. The largest absolute Gasteiger partial charge is 0.370 e. The van der Waals surface area contributed by atoms with Crippen molar-refractivity contribution in [1.82, 2.24) is 20.5 Å². The molecule has 2 aromatic rings. The van der Waals surface area contributed by atoms with Crippen molar-refractivity contribution in [3.63, 3.8) is 0 Å². The van der Waals surface area contributed by atoms with Gasteiger partial charge in [-0.25, -0.2) is 4.39 Å². The second kappa shape index (κ2) is 5.91. The molecule has 7 nitrogen and oxygen atoms in total. The number of H-pyrrole nitrogens is 1. The van der Waals surface area contributed by atoms with Gasteiger partial charge in [-0.05, 0) is 12.1 Å². The van der Waals surface area contributed by atoms with Crippen LogP contribution in [0.1, 0.15) is 16.8 Å². The van der Waals surface area contributed by atoms with Crippen molar-refractivity contribution in [3.8, 4) is 11.4 Å². The summed E-state index contributed by atoms with van der Waals surface area (Å²) in [5.41, 5.74) is 5.30. The van der Waals surface area contributed by atoms with E-state index in [9.17, 15) is 14.0 Å². The van der Waals surface area contributed by atoms with Gasteiger partial charge in [-0.3, -0.25) is 19.7 Å². The number of hydrogen-bond acceptors (Lipinski definition) is 4. The SMILES string of the molecule is NC(=O)CCNC(=O)c1cn[nH]c1-c1ncccc1F. The van der Waals surface area contributed by atoms with Crippen LogP contribution in [-0.2, 0) is 4.79 Å². The standard InChI is InChI=1S/C12H12FN5O2/c13-8-2-1-4-15-11(8)10-7(6-17-18-10)12(20)16-5-3-9(14)19/h1-2,4,6H,3,5H2,(H2,14,19)(H,16,20)(H,17,18). The third kappa shape index (κ3) is 2.97. The van der Waals surface area contributed by atoms with E-state index in [0.29, 0.717) is 0 Å². The predicted molar refractivity (Wildman–Crippen MR) is 67.9 cm³/mol. The van der Waals surface area contributed by atoms with Gasteiger partial charge >= 0.3 is 0 Å². The highest BCUT2D eigenvalue weighted by Gasteiger charge is 2.18. The fourth-order valence-electron chi connectivity index (χ4n) is 1.60. The zero-order chi connectivity index (χ0) is 14.5. The third-order valence-corrected chi connectivity index (χ3v) is 2.54. The van der Waals surface area contributed by atoms with Gasteiger partial charge in [0.05, 0.1) is 17.5 Å². The summed E-state index contributed by atoms with van der Waals surface area (Å²) in [5, 5.41) is 8.75. The summed E-state index contributed by atoms with van der Waals surface area (Å²) >= 11 is 0. The lowest BCUT2D eigenvalue weighted by atomic mass is 10.1. The van der Waals surface area contributed by atoms with E-state index in [1.165, 1.54) is 24.5 Å². The number of rotatable bonds is 5. The molecule has 4 N–H and O–H groups in total. The summed E-state index contributed by atoms with van der Waals surface area (Å²) in [6.45, 7) is 0.101. The number of hydrogen-bond donors (Lipinski definition) is 3. The van der Waals surface area contributed by atoms with Crippen LogP contribution >= 0.6 is 0 Å². The molecule has 0 aromatic carbocycles. The lowest BCUT2D eigenvalue weighted by molar-refractivity contribution is -0.117. The average molecular weight is 277 g/mol. The Morgan fingerprint density at radius 3 is 2.95 bits per heavy atom. The van der Waals surface area contributed by atoms with Crippen LogP contribution in [0.25, 0.3) is 11.4 Å². The smallest absolute Gasteiger partial charge is 0.255 e. The van der Waals surface area contributed by atoms with Crippen molar-refractivity contribution in [3.05, 3.63) is 35.9 Å². The van der Waals surface area contributed by atoms with Crippen LogP contribution in [0.4, 0.5) is 4.39 Å². The first-order valence-corrected chi connectivity index (χ1v) is 5.80. The molecular weight excluding hydrogens is 265 g/mol. The van der Waals surface area contributed by atoms with Crippen LogP contribution in [0.3, 0.4) is 0 Å². The fraction of sp³-hybridized carbons (Fsp3) is 0.167. The number of amides is 2. The number of nitrogens with two attached hydrogens (primary N) is 1. The zero-order valence-electron chi connectivity index (χ0n) is 10.4. The molecule has 0 radical (unpaired) electrons. The van der Waals surface area contributed by atoms with Gasteiger partial charge in [-0.15, -0.1) is 0 Å². The molecule has 0 bridgehead atoms. The molecule has 0 fully saturated rings. The van der Waals surface area contributed by atoms with Crippen LogP contribution in [-0.4, -0.2) is 33.5 Å². The molecule has 0 atom stereocenters. The number of halogens is 1. The van der Waals surface area contributed by atoms with Gasteiger partial charge in [0.2, 0.25) is 5.91 Å². The number of carbonyl (C=O) groups excluding carboxylic acids is 2. The van der Waals surface area contributed by atoms with E-state index in [1.807, 2.05) is 0 Å². The Morgan fingerprint density at radius 1 is 1.45 bits per heavy atom. The minimum absolute atomic E-state index is 0.00468. The maximum absolute atomic E-state index is 13.7. The summed E-state index contributed by atoms with van der Waals surface area (Å²) in [4.78, 5) is 26.4. The Morgan fingerprint density at radius 2 is 2.25 bits per heavy atom. The Balaban J connectivity index is 2.19. The number of aromatic nitrogens is 3. The normalized spacial score (nSPS) is 10.2. The van der Waals surface area contributed by atoms with Gasteiger partial charge in [0.15, 0.2) is 5.82 Å². The topological polar surface area (TPSA) is 114 Å². The van der Waals surface area contributed by atoms with E-state index < -0.39 is 17.6 Å². The summed E-state index contributed by atoms with van der Waals surface area (Å²) < 4.78 is 13.7. The van der Waals surface area contributed by atoms with Gasteiger partial charge in [0.1, 0.15) is 5.69 Å². The quantitative estimate of drug-likeness (QED) is 0.725. The lowest BCUT2D eigenvalue weighted by Gasteiger charge is -2.04. The van der Waals surface area contributed by atoms with Crippen molar-refractivity contribution in [2.75, 3.05) is 6.54 Å². The second-order valence-corrected chi connectivity index (χ2v) is 3.96. The van der Waals surface area contributed by atoms with Gasteiger partial charge in [-0.1, -0.05) is 0 Å². The second-order valence-electron chi connectivity index (χ2n) is 3.96. The van der Waals surface area contributed by atoms with E-state index in [1.54, 1.807) is 0 Å². The van der Waals surface area contributed by atoms with Gasteiger partial charge < -0.3 is 11.1 Å². The van der Waals surface area contributed by atoms with Crippen molar-refractivity contribution in [1.29, 1.82) is 0 Å². The Hall–Kier alpha value is -2.77. The number of nitrogens with one attached hydrogen (secondary N) is 2. The number of pyridine rings is 1. The zero-order valence-corrected chi connectivity index (χ0v) is 10.4. The fourth-order valence-corrected chi connectivity index (χ4v) is 1.60. The molecule has 0 saturated carbocycles. The Kier molecular flexibility index (Phi) is 4.04. The molecule has 2 amide bonds. The van der Waals surface area contributed by atoms with Gasteiger partial charge in [-0.2, -0.15) is 5.10 Å². The van der Waals surface area contributed by atoms with E-state index in [4.69, 9.17) is 5.73 Å². The van der Waals surface area contributed by atoms with E-state index in [0.717, 1.165) is 0 Å². The molecule has 2 heterocycles. The van der Waals surface area contributed by atoms with Gasteiger partial charge in [0, 0.05) is 19.2 Å². The van der Waals surface area contributed by atoms with E-state index >= 15 is 0 Å². The lowest BCUT2D eigenvalue weighted by Crippen LogP contribution is -2.28. The third-order valence-electron chi connectivity index (χ3n) is 2.54. The number of carbonyl (C=O) groups is 2. The summed E-state index contributed by atoms with van der Waals surface area (Å²) in [7, 11) is 0. The maximum atomic E-state index is 13.7. The molecule has 0 spiro atoms. The van der Waals surface area contributed by atoms with E-state index in [-0.39, 0.29) is 29.9 Å². The molecule has 0 aliphatic carbocycles. The molecule has 104 valence electrons. The van der Waals surface area contributed by atoms with Crippen LogP contribution in [0.5, 0.6) is 0 Å².